The zero-order valence-corrected chi connectivity index (χ0v) is 11.5. The molecule has 0 unspecified atom stereocenters. The number of hydrogen-bond acceptors (Lipinski definition) is 3. The molecule has 0 bridgehead atoms. The zero-order chi connectivity index (χ0) is 12.6. The van der Waals surface area contributed by atoms with E-state index in [1.807, 2.05) is 0 Å². The molecule has 2 N–H and O–H groups in total. The summed E-state index contributed by atoms with van der Waals surface area (Å²) in [5.74, 6) is -0.220. The van der Waals surface area contributed by atoms with Gasteiger partial charge in [-0.2, -0.15) is 0 Å². The Labute approximate surface area is 104 Å². The highest BCUT2D eigenvalue weighted by Crippen LogP contribution is 2.14. The van der Waals surface area contributed by atoms with Gasteiger partial charge >= 0.3 is 0 Å². The molecule has 16 heavy (non-hydrogen) atoms. The number of carbonyl (C=O) groups is 2. The predicted molar refractivity (Wildman–Crippen MR) is 65.5 cm³/mol. The average molecular weight is 295 g/mol. The molecule has 5 nitrogen and oxygen atoms in total. The number of hydrogen-bond donors (Lipinski definition) is 2. The summed E-state index contributed by atoms with van der Waals surface area (Å²) >= 11 is 3.23. The lowest BCUT2D eigenvalue weighted by molar-refractivity contribution is -0.123. The van der Waals surface area contributed by atoms with Crippen molar-refractivity contribution in [1.82, 2.24) is 10.6 Å². The fraction of sp³-hybridized carbons (Fsp3) is 0.800. The van der Waals surface area contributed by atoms with Crippen molar-refractivity contribution in [2.45, 2.75) is 24.6 Å². The van der Waals surface area contributed by atoms with Crippen LogP contribution in [0.3, 0.4) is 0 Å². The molecule has 0 aliphatic heterocycles. The molecule has 0 rings (SSSR count). The van der Waals surface area contributed by atoms with Crippen LogP contribution in [-0.2, 0) is 14.3 Å². The Morgan fingerprint density at radius 1 is 1.25 bits per heavy atom. The molecule has 6 heteroatoms. The molecule has 0 fully saturated rings. The van der Waals surface area contributed by atoms with Crippen molar-refractivity contribution in [3.05, 3.63) is 0 Å². The van der Waals surface area contributed by atoms with Crippen molar-refractivity contribution in [3.63, 3.8) is 0 Å². The summed E-state index contributed by atoms with van der Waals surface area (Å²) in [7, 11) is 1.57. The van der Waals surface area contributed by atoms with Gasteiger partial charge in [0, 0.05) is 26.6 Å². The van der Waals surface area contributed by atoms with Crippen molar-refractivity contribution in [1.29, 1.82) is 0 Å². The first-order valence-electron chi connectivity index (χ1n) is 5.10. The van der Waals surface area contributed by atoms with Crippen LogP contribution >= 0.6 is 15.9 Å². The summed E-state index contributed by atoms with van der Waals surface area (Å²) in [5, 5.41) is 5.34. The van der Waals surface area contributed by atoms with E-state index in [4.69, 9.17) is 4.74 Å². The van der Waals surface area contributed by atoms with Crippen LogP contribution in [0.15, 0.2) is 0 Å². The zero-order valence-electron chi connectivity index (χ0n) is 9.93. The minimum atomic E-state index is -0.598. The molecule has 0 spiro atoms. The maximum absolute atomic E-state index is 11.4. The van der Waals surface area contributed by atoms with E-state index in [9.17, 15) is 9.59 Å². The molecule has 0 saturated carbocycles. The average Bonchev–Trinajstić information content (AvgIpc) is 2.16. The normalized spacial score (nSPS) is 11.0. The molecule has 0 aromatic carbocycles. The smallest absolute Gasteiger partial charge is 0.236 e. The number of ether oxygens (including phenoxy) is 1. The number of rotatable bonds is 7. The fourth-order valence-corrected chi connectivity index (χ4v) is 1.02. The maximum Gasteiger partial charge on any atom is 0.236 e. The van der Waals surface area contributed by atoms with Gasteiger partial charge in [-0.1, -0.05) is 15.9 Å². The highest BCUT2D eigenvalue weighted by atomic mass is 79.9. The number of amides is 2. The number of alkyl halides is 1. The van der Waals surface area contributed by atoms with Gasteiger partial charge in [0.1, 0.15) is 0 Å². The second-order valence-electron chi connectivity index (χ2n) is 3.82. The standard InChI is InChI=1S/C10H19BrN2O3/c1-10(2,11)9(15)13-5-4-8(14)12-6-7-16-3/h4-7H2,1-3H3,(H,12,14)(H,13,15). The quantitative estimate of drug-likeness (QED) is 0.529. The molecule has 94 valence electrons. The molecule has 0 aliphatic rings. The Kier molecular flexibility index (Phi) is 7.33. The first-order valence-corrected chi connectivity index (χ1v) is 5.90. The van der Waals surface area contributed by atoms with Gasteiger partial charge in [0.25, 0.3) is 0 Å². The third-order valence-electron chi connectivity index (χ3n) is 1.81. The van der Waals surface area contributed by atoms with Gasteiger partial charge in [0.15, 0.2) is 0 Å². The van der Waals surface area contributed by atoms with Crippen LogP contribution in [0.25, 0.3) is 0 Å². The summed E-state index contributed by atoms with van der Waals surface area (Å²) in [6.07, 6.45) is 0.276. The third kappa shape index (κ3) is 7.64. The SMILES string of the molecule is COCCNC(=O)CCNC(=O)C(C)(C)Br. The summed E-state index contributed by atoms with van der Waals surface area (Å²) in [6, 6.07) is 0. The monoisotopic (exact) mass is 294 g/mol. The van der Waals surface area contributed by atoms with E-state index < -0.39 is 4.32 Å². The van der Waals surface area contributed by atoms with E-state index in [1.165, 1.54) is 0 Å². The van der Waals surface area contributed by atoms with Crippen molar-refractivity contribution in [3.8, 4) is 0 Å². The summed E-state index contributed by atoms with van der Waals surface area (Å²) in [5.41, 5.74) is 0. The van der Waals surface area contributed by atoms with Crippen LogP contribution in [0.2, 0.25) is 0 Å². The Bertz CT molecular complexity index is 239. The second-order valence-corrected chi connectivity index (χ2v) is 5.80. The van der Waals surface area contributed by atoms with E-state index >= 15 is 0 Å². The van der Waals surface area contributed by atoms with Gasteiger partial charge in [0.05, 0.1) is 10.9 Å². The van der Waals surface area contributed by atoms with E-state index in [1.54, 1.807) is 21.0 Å². The van der Waals surface area contributed by atoms with Gasteiger partial charge in [-0.25, -0.2) is 0 Å². The van der Waals surface area contributed by atoms with Gasteiger partial charge in [-0.05, 0) is 13.8 Å². The van der Waals surface area contributed by atoms with Crippen LogP contribution in [0.5, 0.6) is 0 Å². The van der Waals surface area contributed by atoms with Gasteiger partial charge in [-0.15, -0.1) is 0 Å². The minimum Gasteiger partial charge on any atom is -0.383 e. The van der Waals surface area contributed by atoms with Gasteiger partial charge in [-0.3, -0.25) is 9.59 Å². The summed E-state index contributed by atoms with van der Waals surface area (Å²) in [4.78, 5) is 22.6. The molecule has 0 aliphatic carbocycles. The number of carbonyl (C=O) groups excluding carboxylic acids is 2. The van der Waals surface area contributed by atoms with Crippen LogP contribution in [0.4, 0.5) is 0 Å². The molecule has 0 aromatic rings. The Morgan fingerprint density at radius 2 is 1.88 bits per heavy atom. The van der Waals surface area contributed by atoms with Crippen LogP contribution in [0, 0.1) is 0 Å². The van der Waals surface area contributed by atoms with Gasteiger partial charge < -0.3 is 15.4 Å². The van der Waals surface area contributed by atoms with Gasteiger partial charge in [0.2, 0.25) is 11.8 Å². The first-order chi connectivity index (χ1) is 7.38. The molecule has 0 radical (unpaired) electrons. The minimum absolute atomic E-state index is 0.0928. The largest absolute Gasteiger partial charge is 0.383 e. The van der Waals surface area contributed by atoms with Crippen molar-refractivity contribution in [2.24, 2.45) is 0 Å². The van der Waals surface area contributed by atoms with Crippen LogP contribution in [0.1, 0.15) is 20.3 Å². The molecule has 0 saturated heterocycles. The lowest BCUT2D eigenvalue weighted by Gasteiger charge is -2.15. The van der Waals surface area contributed by atoms with Crippen molar-refractivity contribution < 1.29 is 14.3 Å². The molecule has 0 atom stereocenters. The number of nitrogens with one attached hydrogen (secondary N) is 2. The number of methoxy groups -OCH3 is 1. The first kappa shape index (κ1) is 15.4. The molecule has 0 heterocycles. The van der Waals surface area contributed by atoms with E-state index in [-0.39, 0.29) is 18.2 Å². The molecular weight excluding hydrogens is 276 g/mol. The number of halogens is 1. The van der Waals surface area contributed by atoms with Crippen LogP contribution in [-0.4, -0.2) is 42.9 Å². The molecular formula is C10H19BrN2O3. The third-order valence-corrected chi connectivity index (χ3v) is 2.17. The van der Waals surface area contributed by atoms with E-state index in [0.29, 0.717) is 19.7 Å². The summed E-state index contributed by atoms with van der Waals surface area (Å²) < 4.78 is 4.19. The summed E-state index contributed by atoms with van der Waals surface area (Å²) in [6.45, 7) is 4.83. The van der Waals surface area contributed by atoms with E-state index in [2.05, 4.69) is 26.6 Å². The van der Waals surface area contributed by atoms with Crippen LogP contribution < -0.4 is 10.6 Å². The van der Waals surface area contributed by atoms with E-state index in [0.717, 1.165) is 0 Å². The highest BCUT2D eigenvalue weighted by Gasteiger charge is 2.22. The highest BCUT2D eigenvalue weighted by molar-refractivity contribution is 9.10. The van der Waals surface area contributed by atoms with Crippen molar-refractivity contribution in [2.75, 3.05) is 26.8 Å². The van der Waals surface area contributed by atoms with Crippen molar-refractivity contribution >= 4 is 27.7 Å². The Hall–Kier alpha value is -0.620. The maximum atomic E-state index is 11.4. The second kappa shape index (κ2) is 7.62. The molecule has 2 amide bonds. The Morgan fingerprint density at radius 3 is 2.38 bits per heavy atom. The lowest BCUT2D eigenvalue weighted by Crippen LogP contribution is -2.39. The molecule has 0 aromatic heterocycles. The predicted octanol–water partition coefficient (Wildman–Crippen LogP) is 0.429. The lowest BCUT2D eigenvalue weighted by atomic mass is 10.2. The topological polar surface area (TPSA) is 67.4 Å². The Balaban J connectivity index is 3.59. The fourth-order valence-electron chi connectivity index (χ4n) is 0.881.